The monoisotopic (exact) mass is 220 g/mol. The van der Waals surface area contributed by atoms with Crippen molar-refractivity contribution >= 4 is 11.3 Å². The molecule has 2 aliphatic rings. The van der Waals surface area contributed by atoms with Crippen molar-refractivity contribution in [1.29, 1.82) is 5.26 Å². The molecule has 2 fully saturated rings. The van der Waals surface area contributed by atoms with Crippen LogP contribution in [0.3, 0.4) is 0 Å². The van der Waals surface area contributed by atoms with E-state index >= 15 is 0 Å². The van der Waals surface area contributed by atoms with Gasteiger partial charge < -0.3 is 4.74 Å². The van der Waals surface area contributed by atoms with Crippen molar-refractivity contribution in [2.24, 2.45) is 0 Å². The molecule has 15 heavy (non-hydrogen) atoms. The summed E-state index contributed by atoms with van der Waals surface area (Å²) in [6.45, 7) is 0.838. The maximum absolute atomic E-state index is 9.03. The molecule has 1 unspecified atom stereocenters. The molecule has 1 saturated heterocycles. The quantitative estimate of drug-likeness (QED) is 0.769. The van der Waals surface area contributed by atoms with Gasteiger partial charge in [0.1, 0.15) is 22.1 Å². The topological polar surface area (TPSA) is 45.9 Å². The third-order valence-electron chi connectivity index (χ3n) is 2.94. The van der Waals surface area contributed by atoms with Crippen molar-refractivity contribution in [3.63, 3.8) is 0 Å². The lowest BCUT2D eigenvalue weighted by Crippen LogP contribution is -1.94. The van der Waals surface area contributed by atoms with Crippen molar-refractivity contribution in [3.8, 4) is 6.07 Å². The van der Waals surface area contributed by atoms with Crippen molar-refractivity contribution in [3.05, 3.63) is 15.6 Å². The second kappa shape index (κ2) is 3.58. The molecule has 78 valence electrons. The maximum Gasteiger partial charge on any atom is 0.128 e. The van der Waals surface area contributed by atoms with Gasteiger partial charge in [-0.15, -0.1) is 11.3 Å². The molecule has 1 atom stereocenters. The number of nitriles is 1. The van der Waals surface area contributed by atoms with Gasteiger partial charge >= 0.3 is 0 Å². The highest BCUT2D eigenvalue weighted by molar-refractivity contribution is 7.12. The summed E-state index contributed by atoms with van der Waals surface area (Å²) in [7, 11) is 0. The van der Waals surface area contributed by atoms with Crippen LogP contribution < -0.4 is 0 Å². The van der Waals surface area contributed by atoms with Crippen LogP contribution in [-0.2, 0) is 4.74 Å². The highest BCUT2D eigenvalue weighted by Crippen LogP contribution is 2.44. The largest absolute Gasteiger partial charge is 0.371 e. The zero-order valence-electron chi connectivity index (χ0n) is 8.40. The predicted octanol–water partition coefficient (Wildman–Crippen LogP) is 2.74. The summed E-state index contributed by atoms with van der Waals surface area (Å²) >= 11 is 1.53. The molecule has 4 heteroatoms. The number of rotatable bonds is 2. The van der Waals surface area contributed by atoms with E-state index in [1.54, 1.807) is 0 Å². The lowest BCUT2D eigenvalue weighted by molar-refractivity contribution is 0.111. The van der Waals surface area contributed by atoms with Crippen LogP contribution in [0.25, 0.3) is 0 Å². The van der Waals surface area contributed by atoms with E-state index in [1.165, 1.54) is 24.2 Å². The second-order valence-electron chi connectivity index (χ2n) is 4.15. The molecular weight excluding hydrogens is 208 g/mol. The Morgan fingerprint density at radius 2 is 2.27 bits per heavy atom. The smallest absolute Gasteiger partial charge is 0.128 e. The van der Waals surface area contributed by atoms with Gasteiger partial charge in [0.25, 0.3) is 0 Å². The summed E-state index contributed by atoms with van der Waals surface area (Å²) in [6.07, 6.45) is 4.73. The van der Waals surface area contributed by atoms with E-state index in [0.717, 1.165) is 35.0 Å². The maximum atomic E-state index is 9.03. The van der Waals surface area contributed by atoms with E-state index in [9.17, 15) is 0 Å². The Bertz CT molecular complexity index is 411. The SMILES string of the molecule is N#Cc1sc(C2CCCO2)nc1C1CC1. The summed E-state index contributed by atoms with van der Waals surface area (Å²) in [5, 5.41) is 10.1. The van der Waals surface area contributed by atoms with Gasteiger partial charge in [-0.05, 0) is 25.7 Å². The molecule has 2 heterocycles. The van der Waals surface area contributed by atoms with Crippen molar-refractivity contribution in [2.45, 2.75) is 37.7 Å². The third-order valence-corrected chi connectivity index (χ3v) is 4.01. The molecule has 1 aromatic rings. The summed E-state index contributed by atoms with van der Waals surface area (Å²) < 4.78 is 5.59. The number of thiazole rings is 1. The summed E-state index contributed by atoms with van der Waals surface area (Å²) in [6, 6.07) is 2.26. The fraction of sp³-hybridized carbons (Fsp3) is 0.636. The first-order chi connectivity index (χ1) is 7.38. The molecule has 0 spiro atoms. The minimum atomic E-state index is 0.162. The standard InChI is InChI=1S/C11H12N2OS/c12-6-9-10(7-3-4-7)13-11(15-9)8-2-1-5-14-8/h7-8H,1-5H2. The van der Waals surface area contributed by atoms with Crippen molar-refractivity contribution in [1.82, 2.24) is 4.98 Å². The van der Waals surface area contributed by atoms with Gasteiger partial charge in [0, 0.05) is 12.5 Å². The number of hydrogen-bond donors (Lipinski definition) is 0. The molecule has 1 aliphatic carbocycles. The molecule has 1 saturated carbocycles. The van der Waals surface area contributed by atoms with Crippen molar-refractivity contribution < 1.29 is 4.74 Å². The van der Waals surface area contributed by atoms with Crippen LogP contribution in [0.1, 0.15) is 53.3 Å². The molecule has 1 aliphatic heterocycles. The molecule has 1 aromatic heterocycles. The third kappa shape index (κ3) is 1.66. The van der Waals surface area contributed by atoms with Gasteiger partial charge in [0.05, 0.1) is 5.69 Å². The first-order valence-corrected chi connectivity index (χ1v) is 6.22. The Balaban J connectivity index is 1.92. The Labute approximate surface area is 92.7 Å². The van der Waals surface area contributed by atoms with Gasteiger partial charge in [0.2, 0.25) is 0 Å². The second-order valence-corrected chi connectivity index (χ2v) is 5.18. The van der Waals surface area contributed by atoms with E-state index in [4.69, 9.17) is 10.00 Å². The predicted molar refractivity (Wildman–Crippen MR) is 56.7 cm³/mol. The molecule has 0 radical (unpaired) electrons. The van der Waals surface area contributed by atoms with Crippen LogP contribution >= 0.6 is 11.3 Å². The van der Waals surface area contributed by atoms with Crippen LogP contribution in [0.5, 0.6) is 0 Å². The average molecular weight is 220 g/mol. The number of hydrogen-bond acceptors (Lipinski definition) is 4. The van der Waals surface area contributed by atoms with Crippen LogP contribution in [-0.4, -0.2) is 11.6 Å². The number of nitrogens with zero attached hydrogens (tertiary/aromatic N) is 2. The fourth-order valence-corrected chi connectivity index (χ4v) is 3.01. The van der Waals surface area contributed by atoms with E-state index in [1.807, 2.05) is 0 Å². The molecule has 0 bridgehead atoms. The summed E-state index contributed by atoms with van der Waals surface area (Å²) in [5.74, 6) is 0.561. The molecule has 0 N–H and O–H groups in total. The first kappa shape index (κ1) is 9.32. The van der Waals surface area contributed by atoms with Crippen LogP contribution in [0, 0.1) is 11.3 Å². The summed E-state index contributed by atoms with van der Waals surface area (Å²) in [5.41, 5.74) is 1.04. The normalized spacial score (nSPS) is 25.4. The number of aromatic nitrogens is 1. The Hall–Kier alpha value is -0.920. The van der Waals surface area contributed by atoms with Crippen LogP contribution in [0.2, 0.25) is 0 Å². The van der Waals surface area contributed by atoms with Crippen LogP contribution in [0.4, 0.5) is 0 Å². The molecule has 3 nitrogen and oxygen atoms in total. The lowest BCUT2D eigenvalue weighted by Gasteiger charge is -2.03. The Kier molecular flexibility index (Phi) is 2.23. The molecule has 3 rings (SSSR count). The highest BCUT2D eigenvalue weighted by atomic mass is 32.1. The Morgan fingerprint density at radius 3 is 2.87 bits per heavy atom. The highest BCUT2D eigenvalue weighted by Gasteiger charge is 2.31. The van der Waals surface area contributed by atoms with Crippen molar-refractivity contribution in [2.75, 3.05) is 6.61 Å². The zero-order chi connectivity index (χ0) is 10.3. The first-order valence-electron chi connectivity index (χ1n) is 5.41. The molecular formula is C11H12N2OS. The zero-order valence-corrected chi connectivity index (χ0v) is 9.22. The number of ether oxygens (including phenoxy) is 1. The summed E-state index contributed by atoms with van der Waals surface area (Å²) in [4.78, 5) is 5.40. The minimum absolute atomic E-state index is 0.162. The minimum Gasteiger partial charge on any atom is -0.371 e. The fourth-order valence-electron chi connectivity index (χ4n) is 1.97. The average Bonchev–Trinajstić information content (AvgIpc) is 2.83. The van der Waals surface area contributed by atoms with E-state index in [0.29, 0.717) is 5.92 Å². The van der Waals surface area contributed by atoms with E-state index in [2.05, 4.69) is 11.1 Å². The van der Waals surface area contributed by atoms with Gasteiger partial charge in [-0.1, -0.05) is 0 Å². The van der Waals surface area contributed by atoms with Gasteiger partial charge in [-0.25, -0.2) is 4.98 Å². The van der Waals surface area contributed by atoms with E-state index in [-0.39, 0.29) is 6.10 Å². The lowest BCUT2D eigenvalue weighted by atomic mass is 10.2. The van der Waals surface area contributed by atoms with Gasteiger partial charge in [-0.3, -0.25) is 0 Å². The van der Waals surface area contributed by atoms with E-state index < -0.39 is 0 Å². The van der Waals surface area contributed by atoms with Gasteiger partial charge in [-0.2, -0.15) is 5.26 Å². The molecule has 0 aromatic carbocycles. The Morgan fingerprint density at radius 1 is 1.40 bits per heavy atom. The van der Waals surface area contributed by atoms with Gasteiger partial charge in [0.15, 0.2) is 0 Å². The molecule has 0 amide bonds. The van der Waals surface area contributed by atoms with Crippen LogP contribution in [0.15, 0.2) is 0 Å².